The van der Waals surface area contributed by atoms with Crippen molar-refractivity contribution < 1.29 is 14.3 Å². The molecule has 1 aromatic carbocycles. The van der Waals surface area contributed by atoms with Crippen molar-refractivity contribution in [1.29, 1.82) is 0 Å². The van der Waals surface area contributed by atoms with Crippen molar-refractivity contribution in [3.05, 3.63) is 44.6 Å². The number of hydrogen-bond acceptors (Lipinski definition) is 7. The van der Waals surface area contributed by atoms with Crippen molar-refractivity contribution >= 4 is 28.7 Å². The lowest BCUT2D eigenvalue weighted by molar-refractivity contribution is 0.102. The van der Waals surface area contributed by atoms with E-state index in [9.17, 15) is 14.4 Å². The zero-order chi connectivity index (χ0) is 22.1. The summed E-state index contributed by atoms with van der Waals surface area (Å²) >= 11 is 1.26. The molecule has 3 heterocycles. The van der Waals surface area contributed by atoms with E-state index in [1.54, 1.807) is 25.2 Å². The Balaban J connectivity index is 1.65. The summed E-state index contributed by atoms with van der Waals surface area (Å²) in [5, 5.41) is 0.549. The molecule has 0 fully saturated rings. The Labute approximate surface area is 182 Å². The van der Waals surface area contributed by atoms with Gasteiger partial charge >= 0.3 is 5.69 Å². The number of carbonyl (C=O) groups is 1. The Morgan fingerprint density at radius 3 is 2.61 bits per heavy atom. The molecule has 3 aromatic rings. The fraction of sp³-hybridized carbons (Fsp3) is 0.429. The number of Topliss-reactive ketones (excluding diaryl/α,β-unsaturated/α-hetero) is 1. The third-order valence-corrected chi connectivity index (χ3v) is 6.22. The zero-order valence-corrected chi connectivity index (χ0v) is 18.5. The van der Waals surface area contributed by atoms with Gasteiger partial charge in [-0.15, -0.1) is 0 Å². The van der Waals surface area contributed by atoms with Crippen LogP contribution in [0.1, 0.15) is 30.1 Å². The topological polar surface area (TPSA) is 97.3 Å². The van der Waals surface area contributed by atoms with E-state index < -0.39 is 5.69 Å². The van der Waals surface area contributed by atoms with E-state index in [0.29, 0.717) is 53.1 Å². The van der Waals surface area contributed by atoms with Gasteiger partial charge in [0.1, 0.15) is 13.2 Å². The molecule has 0 atom stereocenters. The van der Waals surface area contributed by atoms with Crippen LogP contribution in [0.4, 0.5) is 0 Å². The minimum atomic E-state index is -0.429. The lowest BCUT2D eigenvalue weighted by Crippen LogP contribution is -2.37. The van der Waals surface area contributed by atoms with Crippen LogP contribution in [0.2, 0.25) is 0 Å². The molecule has 0 radical (unpaired) electrons. The molecule has 1 aliphatic heterocycles. The van der Waals surface area contributed by atoms with Crippen molar-refractivity contribution in [3.8, 4) is 11.5 Å². The summed E-state index contributed by atoms with van der Waals surface area (Å²) in [6, 6.07) is 5.15. The highest BCUT2D eigenvalue weighted by atomic mass is 32.2. The molecule has 9 nitrogen and oxygen atoms in total. The van der Waals surface area contributed by atoms with Crippen molar-refractivity contribution in [3.63, 3.8) is 0 Å². The van der Waals surface area contributed by atoms with Crippen molar-refractivity contribution in [2.75, 3.05) is 19.0 Å². The van der Waals surface area contributed by atoms with Gasteiger partial charge in [-0.2, -0.15) is 0 Å². The third kappa shape index (κ3) is 3.87. The Morgan fingerprint density at radius 1 is 1.13 bits per heavy atom. The number of unbranched alkanes of at least 4 members (excludes halogenated alkanes) is 1. The summed E-state index contributed by atoms with van der Waals surface area (Å²) in [6.45, 7) is 3.59. The number of imidazole rings is 1. The predicted molar refractivity (Wildman–Crippen MR) is 118 cm³/mol. The molecule has 2 aromatic heterocycles. The molecule has 0 spiro atoms. The number of fused-ring (bicyclic) bond motifs is 2. The summed E-state index contributed by atoms with van der Waals surface area (Å²) in [7, 11) is 3.05. The van der Waals surface area contributed by atoms with E-state index in [2.05, 4.69) is 11.9 Å². The Bertz CT molecular complexity index is 1270. The Kier molecular flexibility index (Phi) is 5.90. The van der Waals surface area contributed by atoms with Crippen LogP contribution in [0.5, 0.6) is 11.5 Å². The molecule has 0 bridgehead atoms. The molecule has 0 aliphatic carbocycles. The highest BCUT2D eigenvalue weighted by molar-refractivity contribution is 7.99. The Morgan fingerprint density at radius 2 is 1.87 bits per heavy atom. The number of hydrogen-bond donors (Lipinski definition) is 0. The largest absolute Gasteiger partial charge is 0.486 e. The number of ether oxygens (including phenoxy) is 2. The van der Waals surface area contributed by atoms with Gasteiger partial charge in [0.15, 0.2) is 33.6 Å². The molecule has 4 rings (SSSR count). The second-order valence-electron chi connectivity index (χ2n) is 7.35. The molecule has 0 saturated heterocycles. The van der Waals surface area contributed by atoms with Crippen molar-refractivity contribution in [1.82, 2.24) is 18.7 Å². The van der Waals surface area contributed by atoms with Crippen LogP contribution >= 0.6 is 11.8 Å². The number of carbonyl (C=O) groups excluding carboxylic acids is 1. The molecule has 164 valence electrons. The SMILES string of the molecule is CCCCn1c(SCC(=O)c2ccc3c(c2)OCCO3)nc2c1c(=O)n(C)c(=O)n2C. The van der Waals surface area contributed by atoms with Crippen LogP contribution in [0, 0.1) is 0 Å². The van der Waals surface area contributed by atoms with Gasteiger partial charge < -0.3 is 14.0 Å². The Hall–Kier alpha value is -3.01. The molecule has 0 unspecified atom stereocenters. The van der Waals surface area contributed by atoms with E-state index >= 15 is 0 Å². The fourth-order valence-electron chi connectivity index (χ4n) is 3.49. The zero-order valence-electron chi connectivity index (χ0n) is 17.7. The average molecular weight is 445 g/mol. The van der Waals surface area contributed by atoms with Crippen LogP contribution in [0.3, 0.4) is 0 Å². The van der Waals surface area contributed by atoms with Crippen molar-refractivity contribution in [2.45, 2.75) is 31.5 Å². The summed E-state index contributed by atoms with van der Waals surface area (Å²) in [5.41, 5.74) is 0.426. The molecule has 1 aliphatic rings. The van der Waals surface area contributed by atoms with Crippen LogP contribution in [-0.4, -0.2) is 43.4 Å². The summed E-state index contributed by atoms with van der Waals surface area (Å²) in [5.74, 6) is 1.26. The molecular formula is C21H24N4O5S. The standard InChI is InChI=1S/C21H24N4O5S/c1-4-5-8-25-17-18(23(2)21(28)24(3)19(17)27)22-20(25)31-12-14(26)13-6-7-15-16(11-13)30-10-9-29-15/h6-7,11H,4-5,8-10,12H2,1-3H3. The maximum atomic E-state index is 12.8. The van der Waals surface area contributed by atoms with Gasteiger partial charge in [0.25, 0.3) is 5.56 Å². The molecule has 31 heavy (non-hydrogen) atoms. The van der Waals surface area contributed by atoms with Crippen LogP contribution in [0.25, 0.3) is 11.2 Å². The third-order valence-electron chi connectivity index (χ3n) is 5.24. The monoisotopic (exact) mass is 444 g/mol. The van der Waals surface area contributed by atoms with Gasteiger partial charge in [-0.25, -0.2) is 9.78 Å². The number of aromatic nitrogens is 4. The first-order chi connectivity index (χ1) is 14.9. The maximum Gasteiger partial charge on any atom is 0.332 e. The number of rotatable bonds is 7. The number of nitrogens with zero attached hydrogens (tertiary/aromatic N) is 4. The smallest absolute Gasteiger partial charge is 0.332 e. The van der Waals surface area contributed by atoms with E-state index in [1.807, 2.05) is 4.57 Å². The van der Waals surface area contributed by atoms with Crippen LogP contribution in [0.15, 0.2) is 32.9 Å². The first kappa shape index (κ1) is 21.2. The van der Waals surface area contributed by atoms with E-state index in [1.165, 1.54) is 23.4 Å². The first-order valence-corrected chi connectivity index (χ1v) is 11.1. The normalized spacial score (nSPS) is 13.0. The second kappa shape index (κ2) is 8.62. The van der Waals surface area contributed by atoms with E-state index in [0.717, 1.165) is 17.4 Å². The van der Waals surface area contributed by atoms with Gasteiger partial charge in [0.05, 0.1) is 5.75 Å². The van der Waals surface area contributed by atoms with Crippen molar-refractivity contribution in [2.24, 2.45) is 14.1 Å². The summed E-state index contributed by atoms with van der Waals surface area (Å²) in [6.07, 6.45) is 1.78. The highest BCUT2D eigenvalue weighted by Gasteiger charge is 2.21. The highest BCUT2D eigenvalue weighted by Crippen LogP contribution is 2.31. The summed E-state index contributed by atoms with van der Waals surface area (Å²) < 4.78 is 15.3. The lowest BCUT2D eigenvalue weighted by Gasteiger charge is -2.18. The van der Waals surface area contributed by atoms with Gasteiger partial charge in [-0.05, 0) is 24.6 Å². The van der Waals surface area contributed by atoms with E-state index in [-0.39, 0.29) is 17.1 Å². The molecule has 0 saturated carbocycles. The average Bonchev–Trinajstić information content (AvgIpc) is 3.16. The van der Waals surface area contributed by atoms with E-state index in [4.69, 9.17) is 9.47 Å². The lowest BCUT2D eigenvalue weighted by atomic mass is 10.1. The number of ketones is 1. The van der Waals surface area contributed by atoms with Gasteiger partial charge in [-0.1, -0.05) is 25.1 Å². The first-order valence-electron chi connectivity index (χ1n) is 10.1. The minimum Gasteiger partial charge on any atom is -0.486 e. The van der Waals surface area contributed by atoms with Crippen LogP contribution in [-0.2, 0) is 20.6 Å². The fourth-order valence-corrected chi connectivity index (χ4v) is 4.41. The summed E-state index contributed by atoms with van der Waals surface area (Å²) in [4.78, 5) is 42.4. The van der Waals surface area contributed by atoms with Gasteiger partial charge in [0, 0.05) is 26.2 Å². The molecular weight excluding hydrogens is 420 g/mol. The molecule has 0 amide bonds. The van der Waals surface area contributed by atoms with Crippen LogP contribution < -0.4 is 20.7 Å². The number of benzene rings is 1. The predicted octanol–water partition coefficient (Wildman–Crippen LogP) is 1.98. The second-order valence-corrected chi connectivity index (χ2v) is 8.29. The minimum absolute atomic E-state index is 0.0853. The maximum absolute atomic E-state index is 12.8. The molecule has 0 N–H and O–H groups in total. The van der Waals surface area contributed by atoms with Gasteiger partial charge in [0.2, 0.25) is 0 Å². The number of thioether (sulfide) groups is 1. The number of aryl methyl sites for hydroxylation is 2. The molecule has 10 heteroatoms. The quantitative estimate of drug-likeness (QED) is 0.406. The van der Waals surface area contributed by atoms with Gasteiger partial charge in [-0.3, -0.25) is 18.7 Å².